The van der Waals surface area contributed by atoms with E-state index in [1.54, 1.807) is 6.07 Å². The van der Waals surface area contributed by atoms with Gasteiger partial charge in [-0.15, -0.1) is 0 Å². The van der Waals surface area contributed by atoms with Crippen LogP contribution in [0.2, 0.25) is 0 Å². The maximum Gasteiger partial charge on any atom is 0.335 e. The van der Waals surface area contributed by atoms with Crippen molar-refractivity contribution < 1.29 is 23.1 Å². The molecule has 0 aliphatic rings. The molecule has 0 aliphatic carbocycles. The van der Waals surface area contributed by atoms with Crippen LogP contribution in [0.3, 0.4) is 0 Å². The minimum atomic E-state index is -4.19. The van der Waals surface area contributed by atoms with E-state index in [-0.39, 0.29) is 39.2 Å². The van der Waals surface area contributed by atoms with Gasteiger partial charge < -0.3 is 15.2 Å². The van der Waals surface area contributed by atoms with Crippen LogP contribution >= 0.6 is 0 Å². The van der Waals surface area contributed by atoms with Gasteiger partial charge in [0.15, 0.2) is 0 Å². The second-order valence-corrected chi connectivity index (χ2v) is 14.8. The lowest BCUT2D eigenvalue weighted by Gasteiger charge is -2.28. The van der Waals surface area contributed by atoms with Gasteiger partial charge in [0.1, 0.15) is 6.61 Å². The van der Waals surface area contributed by atoms with Gasteiger partial charge in [-0.3, -0.25) is 0 Å². The molecule has 0 saturated carbocycles. The van der Waals surface area contributed by atoms with Crippen LogP contribution in [0.1, 0.15) is 75.9 Å². The molecular formula is C32H44N4O5S. The number of carboxylic acid groups (broad SMARTS) is 1. The molecule has 10 heteroatoms. The molecule has 0 aliphatic heterocycles. The number of rotatable bonds is 12. The number of anilines is 1. The van der Waals surface area contributed by atoms with Crippen molar-refractivity contribution in [1.29, 1.82) is 0 Å². The van der Waals surface area contributed by atoms with Crippen molar-refractivity contribution in [2.45, 2.75) is 79.2 Å². The van der Waals surface area contributed by atoms with Gasteiger partial charge in [0, 0.05) is 17.7 Å². The number of ether oxygens (including phenoxy) is 1. The first-order valence-corrected chi connectivity index (χ1v) is 15.6. The van der Waals surface area contributed by atoms with Crippen molar-refractivity contribution in [2.75, 3.05) is 17.9 Å². The Morgan fingerprint density at radius 2 is 1.60 bits per heavy atom. The van der Waals surface area contributed by atoms with Gasteiger partial charge in [-0.1, -0.05) is 65.8 Å². The van der Waals surface area contributed by atoms with Crippen molar-refractivity contribution in [2.24, 2.45) is 10.8 Å². The summed E-state index contributed by atoms with van der Waals surface area (Å²) in [6, 6.07) is 12.8. The van der Waals surface area contributed by atoms with Crippen LogP contribution in [-0.4, -0.2) is 48.7 Å². The molecule has 1 aromatic heterocycles. The van der Waals surface area contributed by atoms with Gasteiger partial charge in [0.2, 0.25) is 11.8 Å². The number of carbonyl (C=O) groups is 1. The molecule has 3 rings (SSSR count). The molecule has 1 heterocycles. The van der Waals surface area contributed by atoms with E-state index in [0.29, 0.717) is 12.3 Å². The van der Waals surface area contributed by atoms with Gasteiger partial charge in [-0.2, -0.15) is 4.98 Å². The monoisotopic (exact) mass is 596 g/mol. The van der Waals surface area contributed by atoms with E-state index in [0.717, 1.165) is 42.1 Å². The number of aromatic carboxylic acids is 1. The van der Waals surface area contributed by atoms with E-state index in [2.05, 4.69) is 61.5 Å². The summed E-state index contributed by atoms with van der Waals surface area (Å²) in [5, 5.41) is 13.0. The SMILES string of the molecule is Cc1cccc(C)c1-c1cc(OCC(CC(C)(C)C)NCCC(C)(C)C)nc(NS(=O)(=O)c2cccc(C(=O)O)c2)n1. The number of benzene rings is 2. The summed E-state index contributed by atoms with van der Waals surface area (Å²) in [7, 11) is -4.19. The van der Waals surface area contributed by atoms with E-state index in [1.165, 1.54) is 18.2 Å². The maximum atomic E-state index is 13.3. The summed E-state index contributed by atoms with van der Waals surface area (Å²) in [6.07, 6.45) is 1.87. The van der Waals surface area contributed by atoms with Crippen molar-refractivity contribution in [1.82, 2.24) is 15.3 Å². The molecule has 2 aromatic carbocycles. The fourth-order valence-corrected chi connectivity index (χ4v) is 5.62. The van der Waals surface area contributed by atoms with Gasteiger partial charge in [0.05, 0.1) is 16.2 Å². The van der Waals surface area contributed by atoms with Gasteiger partial charge in [-0.25, -0.2) is 22.9 Å². The van der Waals surface area contributed by atoms with E-state index in [9.17, 15) is 18.3 Å². The molecule has 9 nitrogen and oxygen atoms in total. The van der Waals surface area contributed by atoms with Crippen LogP contribution in [0, 0.1) is 24.7 Å². The molecule has 1 unspecified atom stereocenters. The Morgan fingerprint density at radius 1 is 0.952 bits per heavy atom. The zero-order chi connectivity index (χ0) is 31.3. The molecule has 0 saturated heterocycles. The number of nitrogens with one attached hydrogen (secondary N) is 2. The molecule has 0 amide bonds. The van der Waals surface area contributed by atoms with Crippen LogP contribution in [0.15, 0.2) is 53.4 Å². The first kappa shape index (κ1) is 33.0. The molecule has 0 spiro atoms. The summed E-state index contributed by atoms with van der Waals surface area (Å²) in [5.41, 5.74) is 3.42. The summed E-state index contributed by atoms with van der Waals surface area (Å²) in [6.45, 7) is 18.3. The second kappa shape index (κ2) is 13.2. The molecule has 1 atom stereocenters. The third-order valence-corrected chi connectivity index (χ3v) is 7.98. The summed E-state index contributed by atoms with van der Waals surface area (Å²) in [4.78, 5) is 20.2. The molecule has 0 bridgehead atoms. The highest BCUT2D eigenvalue weighted by molar-refractivity contribution is 7.92. The number of aryl methyl sites for hydroxylation is 2. The average molecular weight is 597 g/mol. The number of carboxylic acids is 1. The third kappa shape index (κ3) is 9.80. The molecular weight excluding hydrogens is 552 g/mol. The largest absolute Gasteiger partial charge is 0.478 e. The third-order valence-electron chi connectivity index (χ3n) is 6.66. The highest BCUT2D eigenvalue weighted by Crippen LogP contribution is 2.30. The van der Waals surface area contributed by atoms with Crippen molar-refractivity contribution in [3.8, 4) is 17.1 Å². The number of hydrogen-bond acceptors (Lipinski definition) is 7. The van der Waals surface area contributed by atoms with E-state index < -0.39 is 16.0 Å². The fraction of sp³-hybridized carbons (Fsp3) is 0.469. The summed E-state index contributed by atoms with van der Waals surface area (Å²) < 4.78 is 35.2. The fourth-order valence-electron chi connectivity index (χ4n) is 4.63. The Labute approximate surface area is 250 Å². The molecule has 3 N–H and O–H groups in total. The first-order chi connectivity index (χ1) is 19.4. The molecule has 42 heavy (non-hydrogen) atoms. The Morgan fingerprint density at radius 3 is 2.19 bits per heavy atom. The summed E-state index contributed by atoms with van der Waals surface area (Å²) in [5.74, 6) is -1.16. The van der Waals surface area contributed by atoms with Crippen LogP contribution in [0.4, 0.5) is 5.95 Å². The maximum absolute atomic E-state index is 13.3. The molecule has 228 valence electrons. The Hall–Kier alpha value is -3.50. The Kier molecular flexibility index (Phi) is 10.4. The average Bonchev–Trinajstić information content (AvgIpc) is 2.85. The number of hydrogen-bond donors (Lipinski definition) is 3. The Bertz CT molecular complexity index is 1490. The van der Waals surface area contributed by atoms with Crippen molar-refractivity contribution >= 4 is 21.9 Å². The van der Waals surface area contributed by atoms with Crippen molar-refractivity contribution in [3.05, 3.63) is 65.2 Å². The first-order valence-electron chi connectivity index (χ1n) is 14.1. The number of sulfonamides is 1. The van der Waals surface area contributed by atoms with Gasteiger partial charge in [-0.05, 0) is 73.4 Å². The van der Waals surface area contributed by atoms with E-state index >= 15 is 0 Å². The predicted octanol–water partition coefficient (Wildman–Crippen LogP) is 6.47. The van der Waals surface area contributed by atoms with Gasteiger partial charge in [0.25, 0.3) is 10.0 Å². The molecule has 0 radical (unpaired) electrons. The smallest absolute Gasteiger partial charge is 0.335 e. The molecule has 3 aromatic rings. The van der Waals surface area contributed by atoms with E-state index in [4.69, 9.17) is 4.74 Å². The highest BCUT2D eigenvalue weighted by atomic mass is 32.2. The normalized spacial score (nSPS) is 13.0. The van der Waals surface area contributed by atoms with Crippen LogP contribution < -0.4 is 14.8 Å². The topological polar surface area (TPSA) is 131 Å². The quantitative estimate of drug-likeness (QED) is 0.217. The predicted molar refractivity (Wildman–Crippen MR) is 167 cm³/mol. The van der Waals surface area contributed by atoms with E-state index in [1.807, 2.05) is 32.0 Å². The molecule has 0 fully saturated rings. The zero-order valence-electron chi connectivity index (χ0n) is 25.9. The lowest BCUT2D eigenvalue weighted by Crippen LogP contribution is -2.39. The highest BCUT2D eigenvalue weighted by Gasteiger charge is 2.23. The standard InChI is InChI=1S/C32H44N4O5S/c1-21-11-9-12-22(2)28(21)26-18-27(41-20-24(19-32(6,7)8)33-16-15-31(3,4)5)35-30(34-26)36-42(39,40)25-14-10-13-23(17-25)29(37)38/h9-14,17-18,24,33H,15-16,19-20H2,1-8H3,(H,37,38)(H,34,35,36). The minimum absolute atomic E-state index is 0.0462. The minimum Gasteiger partial charge on any atom is -0.478 e. The van der Waals surface area contributed by atoms with Gasteiger partial charge >= 0.3 is 5.97 Å². The Balaban J connectivity index is 1.97. The number of aromatic nitrogens is 2. The van der Waals surface area contributed by atoms with Crippen molar-refractivity contribution in [3.63, 3.8) is 0 Å². The second-order valence-electron chi connectivity index (χ2n) is 13.2. The lowest BCUT2D eigenvalue weighted by molar-refractivity contribution is 0.0696. The van der Waals surface area contributed by atoms with Crippen LogP contribution in [-0.2, 0) is 10.0 Å². The number of nitrogens with zero attached hydrogens (tertiary/aromatic N) is 2. The van der Waals surface area contributed by atoms with Crippen LogP contribution in [0.25, 0.3) is 11.3 Å². The lowest BCUT2D eigenvalue weighted by atomic mass is 9.87. The zero-order valence-corrected chi connectivity index (χ0v) is 26.7. The summed E-state index contributed by atoms with van der Waals surface area (Å²) >= 11 is 0. The van der Waals surface area contributed by atoms with Crippen LogP contribution in [0.5, 0.6) is 5.88 Å².